The van der Waals surface area contributed by atoms with Crippen LogP contribution in [0.25, 0.3) is 0 Å². The average Bonchev–Trinajstić information content (AvgIpc) is 4.65. The number of nitrogens with zero attached hydrogens (tertiary/aromatic N) is 7. The Morgan fingerprint density at radius 1 is 0.341 bits per heavy atom. The van der Waals surface area contributed by atoms with E-state index in [1.165, 1.54) is 32.5 Å². The molecule has 0 atom stereocenters. The summed E-state index contributed by atoms with van der Waals surface area (Å²) in [5, 5.41) is 54.0. The van der Waals surface area contributed by atoms with E-state index in [2.05, 4.69) is 56.5 Å². The molecule has 518 valence electrons. The Morgan fingerprint density at radius 3 is 1.16 bits per heavy atom. The Morgan fingerprint density at radius 2 is 0.784 bits per heavy atom. The van der Waals surface area contributed by atoms with Crippen molar-refractivity contribution in [3.63, 3.8) is 0 Å². The van der Waals surface area contributed by atoms with Crippen LogP contribution in [0.5, 0.6) is 0 Å². The number of amides is 7. The van der Waals surface area contributed by atoms with E-state index in [0.717, 1.165) is 130 Å². The number of urea groups is 1. The lowest BCUT2D eigenvalue weighted by Crippen LogP contribution is -2.46. The number of alkyl carbamates (subject to hydrolysis) is 1. The molecule has 0 saturated carbocycles. The number of carbonyl (C=O) groups is 6. The van der Waals surface area contributed by atoms with Gasteiger partial charge in [0.2, 0.25) is 0 Å². The van der Waals surface area contributed by atoms with Crippen molar-refractivity contribution in [2.75, 3.05) is 275 Å². The number of hydrogen-bond acceptors (Lipinski definition) is 27. The zero-order chi connectivity index (χ0) is 64.9. The third-order valence-electron chi connectivity index (χ3n) is 13.2. The van der Waals surface area contributed by atoms with Crippen LogP contribution >= 0.6 is 0 Å². The van der Waals surface area contributed by atoms with Crippen LogP contribution in [0.2, 0.25) is 0 Å². The highest BCUT2D eigenvalue weighted by molar-refractivity contribution is 5.76. The van der Waals surface area contributed by atoms with E-state index in [-0.39, 0.29) is 49.7 Å². The first-order chi connectivity index (χ1) is 42.9. The molecule has 0 aliphatic carbocycles. The van der Waals surface area contributed by atoms with Gasteiger partial charge in [0.25, 0.3) is 0 Å². The van der Waals surface area contributed by atoms with Crippen molar-refractivity contribution in [3.05, 3.63) is 0 Å². The van der Waals surface area contributed by atoms with Gasteiger partial charge in [-0.3, -0.25) is 4.90 Å². The Balaban J connectivity index is 0.000000986. The van der Waals surface area contributed by atoms with Gasteiger partial charge in [0.1, 0.15) is 33.0 Å². The Bertz CT molecular complexity index is 1640. The maximum atomic E-state index is 11.1. The first-order valence-electron chi connectivity index (χ1n) is 31.4. The number of aliphatic hydroxyl groups excluding tert-OH is 4. The molecule has 21 N–H and O–H groups in total. The molecule has 34 nitrogen and oxygen atoms in total. The number of piperazine rings is 2. The van der Waals surface area contributed by atoms with E-state index in [4.69, 9.17) is 63.3 Å². The molecule has 0 bridgehead atoms. The van der Waals surface area contributed by atoms with Crippen molar-refractivity contribution in [1.82, 2.24) is 71.5 Å². The topological polar surface area (TPSA) is 466 Å². The molecule has 0 unspecified atom stereocenters. The first kappa shape index (κ1) is 83.0. The molecule has 88 heavy (non-hydrogen) atoms. The predicted molar refractivity (Wildman–Crippen MR) is 335 cm³/mol. The van der Waals surface area contributed by atoms with Crippen LogP contribution in [0.3, 0.4) is 0 Å². The second-order valence-corrected chi connectivity index (χ2v) is 20.1. The fraction of sp³-hybridized carbons (Fsp3) is 0.889. The third kappa shape index (κ3) is 47.0. The minimum absolute atomic E-state index is 0.0439. The van der Waals surface area contributed by atoms with Crippen LogP contribution < -0.4 is 65.9 Å². The highest BCUT2D eigenvalue weighted by Crippen LogP contribution is 2.06. The van der Waals surface area contributed by atoms with Gasteiger partial charge >= 0.3 is 36.5 Å². The van der Waals surface area contributed by atoms with Crippen molar-refractivity contribution in [2.45, 2.75) is 38.5 Å². The summed E-state index contributed by atoms with van der Waals surface area (Å²) in [5.41, 5.74) is 25.7. The molecule has 8 aliphatic heterocycles. The van der Waals surface area contributed by atoms with Crippen LogP contribution in [0, 0.1) is 0 Å². The zero-order valence-electron chi connectivity index (χ0n) is 52.7. The summed E-state index contributed by atoms with van der Waals surface area (Å²) in [6, 6.07) is -0.0439. The Labute approximate surface area is 522 Å². The average molecular weight is 1270 g/mol. The summed E-state index contributed by atoms with van der Waals surface area (Å²) in [6.45, 7) is 30.7. The molecule has 0 aromatic heterocycles. The fourth-order valence-electron chi connectivity index (χ4n) is 8.22. The molecule has 0 aromatic carbocycles. The molecule has 34 heteroatoms. The third-order valence-corrected chi connectivity index (χ3v) is 13.2. The number of aliphatic hydroxyl groups is 4. The number of carbonyl (C=O) groups excluding carboxylic acids is 6. The number of unbranched alkanes of at least 4 members (excludes halogenated alkanes) is 4. The Kier molecular flexibility index (Phi) is 57.4. The second-order valence-electron chi connectivity index (χ2n) is 20.1. The molecule has 0 spiro atoms. The van der Waals surface area contributed by atoms with Crippen LogP contribution in [-0.4, -0.2) is 367 Å². The summed E-state index contributed by atoms with van der Waals surface area (Å²) < 4.78 is 23.4. The van der Waals surface area contributed by atoms with Crippen molar-refractivity contribution >= 4 is 36.5 Å². The molecular weight excluding hydrogens is 1150 g/mol. The lowest BCUT2D eigenvalue weighted by Gasteiger charge is -2.28. The Hall–Kier alpha value is -5.02. The van der Waals surface area contributed by atoms with Gasteiger partial charge in [0, 0.05) is 183 Å². The van der Waals surface area contributed by atoms with Gasteiger partial charge in [0.05, 0.1) is 45.9 Å². The van der Waals surface area contributed by atoms with Gasteiger partial charge < -0.3 is 139 Å². The SMILES string of the molecule is NCCCCCO.NCCN1CCOC1=O.NCCNCCN1CCOC1=O.NCCNCCNCCO.NCCO.O=C1NCCN1CCN1CCOC1=O.O=C1NCCO1.O=C1OCCN1CCN1CCNCC1.OCCCCCN1CCNCC1. The van der Waals surface area contributed by atoms with Gasteiger partial charge in [0.15, 0.2) is 0 Å². The van der Waals surface area contributed by atoms with E-state index >= 15 is 0 Å². The van der Waals surface area contributed by atoms with Crippen LogP contribution in [0.1, 0.15) is 38.5 Å². The summed E-state index contributed by atoms with van der Waals surface area (Å²) in [5.74, 6) is 0. The largest absolute Gasteiger partial charge is 0.448 e. The summed E-state index contributed by atoms with van der Waals surface area (Å²) in [4.78, 5) is 78.0. The van der Waals surface area contributed by atoms with Gasteiger partial charge in [-0.15, -0.1) is 0 Å². The summed E-state index contributed by atoms with van der Waals surface area (Å²) >= 11 is 0. The molecule has 0 radical (unpaired) electrons. The van der Waals surface area contributed by atoms with Crippen LogP contribution in [0.15, 0.2) is 0 Å². The van der Waals surface area contributed by atoms with Crippen molar-refractivity contribution in [1.29, 1.82) is 0 Å². The molecule has 7 amide bonds. The monoisotopic (exact) mass is 1270 g/mol. The van der Waals surface area contributed by atoms with Crippen LogP contribution in [-0.2, 0) is 23.7 Å². The normalized spacial score (nSPS) is 17.7. The van der Waals surface area contributed by atoms with E-state index in [1.807, 2.05) is 0 Å². The van der Waals surface area contributed by atoms with Crippen molar-refractivity contribution in [3.8, 4) is 0 Å². The van der Waals surface area contributed by atoms with E-state index in [9.17, 15) is 28.8 Å². The predicted octanol–water partition coefficient (Wildman–Crippen LogP) is -5.87. The number of hydrogen-bond donors (Lipinski definition) is 16. The molecule has 8 aliphatic rings. The van der Waals surface area contributed by atoms with Gasteiger partial charge in [-0.1, -0.05) is 0 Å². The quantitative estimate of drug-likeness (QED) is 0.0235. The highest BCUT2D eigenvalue weighted by atomic mass is 16.6. The number of nitrogens with two attached hydrogens (primary N) is 5. The first-order valence-corrected chi connectivity index (χ1v) is 31.4. The zero-order valence-corrected chi connectivity index (χ0v) is 52.7. The number of rotatable bonds is 30. The number of nitrogens with one attached hydrogen (secondary N) is 7. The smallest absolute Gasteiger partial charge is 0.409 e. The lowest BCUT2D eigenvalue weighted by molar-refractivity contribution is 0.151. The standard InChI is InChI=1S/C9H17N3O2.C9H20N2O.C8H13N3O3.C7H15N3O2.C6H17N3O.C5H10N2O2.C5H13NO.C3H5NO2.C2H7NO/c13-9-12(7-8-14-9)6-5-11-3-1-10-2-4-11;12-9-3-1-2-6-11-7-4-10-5-8-11;12-7-9-1-2-10(7)3-4-11-5-6-14-8(11)13;8-1-2-9-3-4-10-5-6-12-7(10)11;7-1-2-8-3-4-9-5-6-10;6-1-2-7-3-4-9-5(7)8;6-4-2-1-3-5-7;5-3-4-1-2-6-3;3-1-2-4/h10H,1-8H2;10,12H,1-9H2;1-6H2,(H,9,12);9H,1-6,8H2;8-10H,1-7H2;1-4,6H2;7H,1-6H2;1-2H2,(H,4,5);4H,1-3H2. The summed E-state index contributed by atoms with van der Waals surface area (Å²) in [6.07, 6.45) is 5.21. The summed E-state index contributed by atoms with van der Waals surface area (Å²) in [7, 11) is 0. The van der Waals surface area contributed by atoms with Gasteiger partial charge in [-0.2, -0.15) is 0 Å². The number of ether oxygens (including phenoxy) is 5. The maximum absolute atomic E-state index is 11.1. The fourth-order valence-corrected chi connectivity index (χ4v) is 8.22. The van der Waals surface area contributed by atoms with E-state index < -0.39 is 0 Å². The molecule has 8 rings (SSSR count). The maximum Gasteiger partial charge on any atom is 0.409 e. The lowest BCUT2D eigenvalue weighted by atomic mass is 10.2. The van der Waals surface area contributed by atoms with Gasteiger partial charge in [-0.05, 0) is 51.6 Å². The molecule has 8 heterocycles. The molecule has 8 fully saturated rings. The minimum atomic E-state index is -0.296. The van der Waals surface area contributed by atoms with Gasteiger partial charge in [-0.25, -0.2) is 28.8 Å². The van der Waals surface area contributed by atoms with E-state index in [0.29, 0.717) is 138 Å². The van der Waals surface area contributed by atoms with Crippen LogP contribution in [0.4, 0.5) is 28.8 Å². The molecule has 8 saturated heterocycles. The second kappa shape index (κ2) is 60.9. The highest BCUT2D eigenvalue weighted by Gasteiger charge is 2.26. The molecule has 0 aromatic rings. The van der Waals surface area contributed by atoms with E-state index in [1.54, 1.807) is 24.5 Å². The number of cyclic esters (lactones) is 5. The minimum Gasteiger partial charge on any atom is -0.448 e. The van der Waals surface area contributed by atoms with Crippen molar-refractivity contribution in [2.24, 2.45) is 28.7 Å². The van der Waals surface area contributed by atoms with Crippen molar-refractivity contribution < 1.29 is 72.9 Å². The molecular formula is C54H117N19O15.